The first-order chi connectivity index (χ1) is 10.3. The van der Waals surface area contributed by atoms with Crippen LogP contribution in [0.3, 0.4) is 0 Å². The Hall–Kier alpha value is -1.75. The first-order valence-electron chi connectivity index (χ1n) is 7.54. The number of ether oxygens (including phenoxy) is 3. The van der Waals surface area contributed by atoms with Crippen LogP contribution in [0.5, 0.6) is 11.5 Å². The van der Waals surface area contributed by atoms with Crippen molar-refractivity contribution in [1.82, 2.24) is 4.90 Å². The third-order valence-corrected chi connectivity index (χ3v) is 3.97. The van der Waals surface area contributed by atoms with Gasteiger partial charge in [-0.3, -0.25) is 9.69 Å². The average Bonchev–Trinajstić information content (AvgIpc) is 2.95. The van der Waals surface area contributed by atoms with Crippen molar-refractivity contribution in [1.29, 1.82) is 0 Å². The molecule has 2 aliphatic rings. The van der Waals surface area contributed by atoms with E-state index in [0.29, 0.717) is 13.4 Å². The monoisotopic (exact) mass is 291 g/mol. The minimum Gasteiger partial charge on any atom is -0.466 e. The Bertz CT molecular complexity index is 517. The molecule has 1 aromatic carbocycles. The lowest BCUT2D eigenvalue weighted by atomic mass is 9.97. The fourth-order valence-corrected chi connectivity index (χ4v) is 2.95. The molecule has 3 rings (SSSR count). The van der Waals surface area contributed by atoms with Gasteiger partial charge in [-0.25, -0.2) is 0 Å². The normalized spacial score (nSPS) is 21.3. The average molecular weight is 291 g/mol. The molecule has 0 radical (unpaired) electrons. The summed E-state index contributed by atoms with van der Waals surface area (Å²) in [6.07, 6.45) is 1.96. The van der Waals surface area contributed by atoms with Crippen LogP contribution in [0.2, 0.25) is 0 Å². The van der Waals surface area contributed by atoms with Gasteiger partial charge in [0.05, 0.1) is 12.5 Å². The van der Waals surface area contributed by atoms with Crippen LogP contribution in [-0.2, 0) is 16.1 Å². The van der Waals surface area contributed by atoms with E-state index in [1.54, 1.807) is 0 Å². The summed E-state index contributed by atoms with van der Waals surface area (Å²) in [5, 5.41) is 0. The smallest absolute Gasteiger partial charge is 0.310 e. The molecule has 0 aromatic heterocycles. The molecule has 0 bridgehead atoms. The second-order valence-corrected chi connectivity index (χ2v) is 5.51. The first kappa shape index (κ1) is 14.2. The van der Waals surface area contributed by atoms with Gasteiger partial charge in [0.25, 0.3) is 0 Å². The summed E-state index contributed by atoms with van der Waals surface area (Å²) in [6.45, 7) is 5.22. The molecule has 0 aliphatic carbocycles. The zero-order valence-corrected chi connectivity index (χ0v) is 12.3. The largest absolute Gasteiger partial charge is 0.466 e. The van der Waals surface area contributed by atoms with E-state index in [2.05, 4.69) is 11.0 Å². The molecule has 1 saturated heterocycles. The minimum absolute atomic E-state index is 0.00714. The molecule has 114 valence electrons. The molecule has 1 aromatic rings. The molecule has 0 spiro atoms. The maximum Gasteiger partial charge on any atom is 0.310 e. The summed E-state index contributed by atoms with van der Waals surface area (Å²) in [5.41, 5.74) is 1.18. The van der Waals surface area contributed by atoms with Crippen LogP contribution in [-0.4, -0.2) is 37.4 Å². The third-order valence-electron chi connectivity index (χ3n) is 3.97. The quantitative estimate of drug-likeness (QED) is 0.796. The number of esters is 1. The Morgan fingerprint density at radius 1 is 1.38 bits per heavy atom. The van der Waals surface area contributed by atoms with Gasteiger partial charge in [0.2, 0.25) is 6.79 Å². The summed E-state index contributed by atoms with van der Waals surface area (Å²) in [4.78, 5) is 14.2. The van der Waals surface area contributed by atoms with Crippen LogP contribution in [0.4, 0.5) is 0 Å². The maximum absolute atomic E-state index is 11.9. The molecular weight excluding hydrogens is 270 g/mol. The van der Waals surface area contributed by atoms with Crippen molar-refractivity contribution in [2.75, 3.05) is 26.5 Å². The van der Waals surface area contributed by atoms with E-state index in [1.807, 2.05) is 19.1 Å². The molecule has 1 fully saturated rings. The number of hydrogen-bond acceptors (Lipinski definition) is 5. The van der Waals surface area contributed by atoms with Gasteiger partial charge in [-0.1, -0.05) is 6.07 Å². The van der Waals surface area contributed by atoms with Crippen molar-refractivity contribution in [3.63, 3.8) is 0 Å². The highest BCUT2D eigenvalue weighted by Crippen LogP contribution is 2.33. The molecule has 0 saturated carbocycles. The number of piperidine rings is 1. The van der Waals surface area contributed by atoms with Gasteiger partial charge in [-0.15, -0.1) is 0 Å². The summed E-state index contributed by atoms with van der Waals surface area (Å²) in [6, 6.07) is 6.03. The second kappa shape index (κ2) is 6.35. The van der Waals surface area contributed by atoms with Crippen molar-refractivity contribution in [2.45, 2.75) is 26.3 Å². The van der Waals surface area contributed by atoms with Gasteiger partial charge in [0.15, 0.2) is 11.5 Å². The lowest BCUT2D eigenvalue weighted by molar-refractivity contribution is -0.150. The highest BCUT2D eigenvalue weighted by Gasteiger charge is 2.27. The van der Waals surface area contributed by atoms with Gasteiger partial charge in [-0.05, 0) is 44.0 Å². The molecule has 0 amide bonds. The fourth-order valence-electron chi connectivity index (χ4n) is 2.95. The molecule has 2 aliphatic heterocycles. The van der Waals surface area contributed by atoms with Gasteiger partial charge in [0.1, 0.15) is 0 Å². The summed E-state index contributed by atoms with van der Waals surface area (Å²) in [5.74, 6) is 1.56. The van der Waals surface area contributed by atoms with Crippen LogP contribution < -0.4 is 9.47 Å². The first-order valence-corrected chi connectivity index (χ1v) is 7.54. The topological polar surface area (TPSA) is 48.0 Å². The minimum atomic E-state index is -0.0621. The van der Waals surface area contributed by atoms with Crippen LogP contribution >= 0.6 is 0 Å². The van der Waals surface area contributed by atoms with Crippen LogP contribution in [0.1, 0.15) is 25.3 Å². The van der Waals surface area contributed by atoms with Crippen LogP contribution in [0.15, 0.2) is 18.2 Å². The number of nitrogens with zero attached hydrogens (tertiary/aromatic N) is 1. The lowest BCUT2D eigenvalue weighted by Gasteiger charge is -2.31. The van der Waals surface area contributed by atoms with Gasteiger partial charge in [-0.2, -0.15) is 0 Å². The fraction of sp³-hybridized carbons (Fsp3) is 0.562. The number of hydrogen-bond donors (Lipinski definition) is 0. The van der Waals surface area contributed by atoms with Crippen molar-refractivity contribution >= 4 is 5.97 Å². The van der Waals surface area contributed by atoms with E-state index >= 15 is 0 Å². The van der Waals surface area contributed by atoms with E-state index in [1.165, 1.54) is 5.56 Å². The zero-order chi connectivity index (χ0) is 14.7. The van der Waals surface area contributed by atoms with E-state index in [4.69, 9.17) is 14.2 Å². The summed E-state index contributed by atoms with van der Waals surface area (Å²) < 4.78 is 15.9. The standard InChI is InChI=1S/C16H21NO4/c1-2-19-16(18)13-4-3-7-17(10-13)9-12-5-6-14-15(8-12)21-11-20-14/h5-6,8,13H,2-4,7,9-11H2,1H3/t13-/m1/s1. The number of benzene rings is 1. The molecule has 0 unspecified atom stereocenters. The molecular formula is C16H21NO4. The predicted octanol–water partition coefficient (Wildman–Crippen LogP) is 2.19. The van der Waals surface area contributed by atoms with Gasteiger partial charge in [0, 0.05) is 13.1 Å². The molecule has 5 heteroatoms. The van der Waals surface area contributed by atoms with Gasteiger partial charge >= 0.3 is 5.97 Å². The number of fused-ring (bicyclic) bond motifs is 1. The van der Waals surface area contributed by atoms with Crippen molar-refractivity contribution in [3.05, 3.63) is 23.8 Å². The maximum atomic E-state index is 11.9. The number of rotatable bonds is 4. The molecule has 2 heterocycles. The van der Waals surface area contributed by atoms with Crippen molar-refractivity contribution in [2.24, 2.45) is 5.92 Å². The Labute approximate surface area is 124 Å². The second-order valence-electron chi connectivity index (χ2n) is 5.51. The van der Waals surface area contributed by atoms with Crippen molar-refractivity contribution < 1.29 is 19.0 Å². The number of carbonyl (C=O) groups is 1. The van der Waals surface area contributed by atoms with E-state index in [-0.39, 0.29) is 11.9 Å². The van der Waals surface area contributed by atoms with E-state index in [9.17, 15) is 4.79 Å². The third kappa shape index (κ3) is 3.29. The molecule has 5 nitrogen and oxygen atoms in total. The molecule has 21 heavy (non-hydrogen) atoms. The van der Waals surface area contributed by atoms with Crippen LogP contribution in [0, 0.1) is 5.92 Å². The molecule has 1 atom stereocenters. The van der Waals surface area contributed by atoms with Gasteiger partial charge < -0.3 is 14.2 Å². The van der Waals surface area contributed by atoms with E-state index < -0.39 is 0 Å². The highest BCUT2D eigenvalue weighted by molar-refractivity contribution is 5.72. The Balaban J connectivity index is 1.61. The number of carbonyl (C=O) groups excluding carboxylic acids is 1. The Kier molecular flexibility index (Phi) is 4.29. The SMILES string of the molecule is CCOC(=O)[C@@H]1CCCN(Cc2ccc3c(c2)OCO3)C1. The van der Waals surface area contributed by atoms with E-state index in [0.717, 1.165) is 44.0 Å². The highest BCUT2D eigenvalue weighted by atomic mass is 16.7. The molecule has 0 N–H and O–H groups in total. The Morgan fingerprint density at radius 3 is 3.10 bits per heavy atom. The predicted molar refractivity (Wildman–Crippen MR) is 77.2 cm³/mol. The zero-order valence-electron chi connectivity index (χ0n) is 12.3. The lowest BCUT2D eigenvalue weighted by Crippen LogP contribution is -2.38. The summed E-state index contributed by atoms with van der Waals surface area (Å²) in [7, 11) is 0. The van der Waals surface area contributed by atoms with Crippen molar-refractivity contribution in [3.8, 4) is 11.5 Å². The number of likely N-dealkylation sites (tertiary alicyclic amines) is 1. The Morgan fingerprint density at radius 2 is 2.24 bits per heavy atom. The summed E-state index contributed by atoms with van der Waals surface area (Å²) >= 11 is 0. The van der Waals surface area contributed by atoms with Crippen LogP contribution in [0.25, 0.3) is 0 Å².